The van der Waals surface area contributed by atoms with Gasteiger partial charge in [0.05, 0.1) is 5.25 Å². The molecular formula is C12H14BrNOS. The van der Waals surface area contributed by atoms with Gasteiger partial charge < -0.3 is 5.32 Å². The lowest BCUT2D eigenvalue weighted by atomic mass is 10.1. The Kier molecular flexibility index (Phi) is 3.92. The van der Waals surface area contributed by atoms with Crippen LogP contribution in [0.1, 0.15) is 12.5 Å². The SMILES string of the molecule is CC(Br)CNC(=O)C1Cc2ccccc2S1. The lowest BCUT2D eigenvalue weighted by Gasteiger charge is -2.10. The van der Waals surface area contributed by atoms with Gasteiger partial charge in [0, 0.05) is 16.3 Å². The van der Waals surface area contributed by atoms with E-state index in [0.717, 1.165) is 6.42 Å². The first-order chi connectivity index (χ1) is 7.66. The molecule has 1 aliphatic rings. The molecule has 1 amide bonds. The van der Waals surface area contributed by atoms with Gasteiger partial charge in [-0.3, -0.25) is 4.79 Å². The first kappa shape index (κ1) is 12.0. The molecule has 16 heavy (non-hydrogen) atoms. The summed E-state index contributed by atoms with van der Waals surface area (Å²) in [5, 5.41) is 3.00. The Morgan fingerprint density at radius 1 is 1.62 bits per heavy atom. The fraction of sp³-hybridized carbons (Fsp3) is 0.417. The molecule has 1 aromatic carbocycles. The van der Waals surface area contributed by atoms with Crippen LogP contribution in [0.5, 0.6) is 0 Å². The van der Waals surface area contributed by atoms with Gasteiger partial charge >= 0.3 is 0 Å². The van der Waals surface area contributed by atoms with E-state index in [2.05, 4.69) is 33.4 Å². The zero-order valence-electron chi connectivity index (χ0n) is 9.07. The molecule has 2 rings (SSSR count). The summed E-state index contributed by atoms with van der Waals surface area (Å²) >= 11 is 5.09. The molecule has 86 valence electrons. The van der Waals surface area contributed by atoms with Crippen LogP contribution in [-0.2, 0) is 11.2 Å². The second-order valence-electron chi connectivity index (χ2n) is 3.94. The first-order valence-electron chi connectivity index (χ1n) is 5.33. The molecule has 0 saturated heterocycles. The lowest BCUT2D eigenvalue weighted by Crippen LogP contribution is -2.35. The van der Waals surface area contributed by atoms with E-state index >= 15 is 0 Å². The quantitative estimate of drug-likeness (QED) is 0.869. The molecule has 0 saturated carbocycles. The van der Waals surface area contributed by atoms with Gasteiger partial charge in [-0.25, -0.2) is 0 Å². The molecule has 0 bridgehead atoms. The van der Waals surface area contributed by atoms with Crippen molar-refractivity contribution in [3.8, 4) is 0 Å². The fourth-order valence-electron chi connectivity index (χ4n) is 1.68. The van der Waals surface area contributed by atoms with Crippen molar-refractivity contribution < 1.29 is 4.79 Å². The van der Waals surface area contributed by atoms with Gasteiger partial charge in [-0.15, -0.1) is 11.8 Å². The number of rotatable bonds is 3. The van der Waals surface area contributed by atoms with Gasteiger partial charge in [-0.05, 0) is 18.1 Å². The lowest BCUT2D eigenvalue weighted by molar-refractivity contribution is -0.120. The second-order valence-corrected chi connectivity index (χ2v) is 6.75. The molecule has 1 N–H and O–H groups in total. The average molecular weight is 300 g/mol. The van der Waals surface area contributed by atoms with E-state index in [0.29, 0.717) is 11.4 Å². The molecule has 1 aliphatic heterocycles. The van der Waals surface area contributed by atoms with E-state index in [-0.39, 0.29) is 11.2 Å². The summed E-state index contributed by atoms with van der Waals surface area (Å²) in [5.41, 5.74) is 1.29. The van der Waals surface area contributed by atoms with E-state index in [9.17, 15) is 4.79 Å². The number of halogens is 1. The summed E-state index contributed by atoms with van der Waals surface area (Å²) in [5.74, 6) is 0.146. The number of carbonyl (C=O) groups excluding carboxylic acids is 1. The van der Waals surface area contributed by atoms with Gasteiger partial charge in [0.25, 0.3) is 0 Å². The Hall–Kier alpha value is -0.480. The molecular weight excluding hydrogens is 286 g/mol. The normalized spacial score (nSPS) is 20.2. The predicted octanol–water partition coefficient (Wildman–Crippen LogP) is 2.60. The molecule has 0 aromatic heterocycles. The standard InChI is InChI=1S/C12H14BrNOS/c1-8(13)7-14-12(15)11-6-9-4-2-3-5-10(9)16-11/h2-5,8,11H,6-7H2,1H3,(H,14,15). The van der Waals surface area contributed by atoms with E-state index < -0.39 is 0 Å². The Labute approximate surface area is 108 Å². The van der Waals surface area contributed by atoms with Crippen LogP contribution >= 0.6 is 27.7 Å². The number of carbonyl (C=O) groups is 1. The average Bonchev–Trinajstić information content (AvgIpc) is 2.69. The van der Waals surface area contributed by atoms with Crippen LogP contribution in [0.4, 0.5) is 0 Å². The summed E-state index contributed by atoms with van der Waals surface area (Å²) in [6.45, 7) is 2.71. The summed E-state index contributed by atoms with van der Waals surface area (Å²) in [6.07, 6.45) is 0.851. The van der Waals surface area contributed by atoms with Crippen LogP contribution in [0.25, 0.3) is 0 Å². The predicted molar refractivity (Wildman–Crippen MR) is 71.2 cm³/mol. The number of thioether (sulfide) groups is 1. The van der Waals surface area contributed by atoms with Gasteiger partial charge in [0.15, 0.2) is 0 Å². The molecule has 2 atom stereocenters. The zero-order chi connectivity index (χ0) is 11.5. The summed E-state index contributed by atoms with van der Waals surface area (Å²) in [7, 11) is 0. The van der Waals surface area contributed by atoms with Crippen molar-refractivity contribution in [3.05, 3.63) is 29.8 Å². The molecule has 4 heteroatoms. The summed E-state index contributed by atoms with van der Waals surface area (Å²) < 4.78 is 0. The second kappa shape index (κ2) is 5.23. The van der Waals surface area contributed by atoms with Crippen molar-refractivity contribution in [2.24, 2.45) is 0 Å². The highest BCUT2D eigenvalue weighted by molar-refractivity contribution is 9.09. The van der Waals surface area contributed by atoms with Crippen LogP contribution in [-0.4, -0.2) is 22.5 Å². The van der Waals surface area contributed by atoms with Crippen molar-refractivity contribution in [1.82, 2.24) is 5.32 Å². The van der Waals surface area contributed by atoms with Crippen LogP contribution in [0, 0.1) is 0 Å². The third-order valence-electron chi connectivity index (χ3n) is 2.50. The Bertz CT molecular complexity index is 369. The number of benzene rings is 1. The minimum atomic E-state index is 0.0450. The number of hydrogen-bond acceptors (Lipinski definition) is 2. The molecule has 2 unspecified atom stereocenters. The van der Waals surface area contributed by atoms with Gasteiger partial charge in [-0.2, -0.15) is 0 Å². The van der Waals surface area contributed by atoms with Crippen molar-refractivity contribution in [3.63, 3.8) is 0 Å². The number of nitrogens with one attached hydrogen (secondary N) is 1. The number of alkyl halides is 1. The monoisotopic (exact) mass is 299 g/mol. The number of hydrogen-bond donors (Lipinski definition) is 1. The minimum absolute atomic E-state index is 0.0450. The van der Waals surface area contributed by atoms with Crippen LogP contribution in [0.15, 0.2) is 29.2 Å². The van der Waals surface area contributed by atoms with Gasteiger partial charge in [-0.1, -0.05) is 41.1 Å². The van der Waals surface area contributed by atoms with Crippen molar-refractivity contribution in [1.29, 1.82) is 0 Å². The van der Waals surface area contributed by atoms with Crippen molar-refractivity contribution in [2.75, 3.05) is 6.54 Å². The Morgan fingerprint density at radius 3 is 3.06 bits per heavy atom. The molecule has 1 heterocycles. The topological polar surface area (TPSA) is 29.1 Å². The maximum absolute atomic E-state index is 11.9. The molecule has 0 fully saturated rings. The molecule has 2 nitrogen and oxygen atoms in total. The summed E-state index contributed by atoms with van der Waals surface area (Å²) in [6, 6.07) is 8.23. The highest BCUT2D eigenvalue weighted by Gasteiger charge is 2.27. The van der Waals surface area contributed by atoms with Crippen molar-refractivity contribution in [2.45, 2.75) is 28.3 Å². The molecule has 1 aromatic rings. The van der Waals surface area contributed by atoms with Gasteiger partial charge in [0.2, 0.25) is 5.91 Å². The molecule has 0 radical (unpaired) electrons. The smallest absolute Gasteiger partial charge is 0.233 e. The minimum Gasteiger partial charge on any atom is -0.354 e. The fourth-order valence-corrected chi connectivity index (χ4v) is 3.06. The number of amides is 1. The zero-order valence-corrected chi connectivity index (χ0v) is 11.5. The molecule has 0 spiro atoms. The highest BCUT2D eigenvalue weighted by atomic mass is 79.9. The third-order valence-corrected chi connectivity index (χ3v) is 4.14. The van der Waals surface area contributed by atoms with E-state index in [1.165, 1.54) is 10.5 Å². The first-order valence-corrected chi connectivity index (χ1v) is 7.12. The van der Waals surface area contributed by atoms with Gasteiger partial charge in [0.1, 0.15) is 0 Å². The Morgan fingerprint density at radius 2 is 2.38 bits per heavy atom. The van der Waals surface area contributed by atoms with Crippen LogP contribution in [0.3, 0.4) is 0 Å². The maximum Gasteiger partial charge on any atom is 0.233 e. The van der Waals surface area contributed by atoms with Crippen molar-refractivity contribution >= 4 is 33.6 Å². The highest BCUT2D eigenvalue weighted by Crippen LogP contribution is 2.36. The van der Waals surface area contributed by atoms with E-state index in [1.54, 1.807) is 11.8 Å². The van der Waals surface area contributed by atoms with E-state index in [4.69, 9.17) is 0 Å². The van der Waals surface area contributed by atoms with Crippen LogP contribution in [0.2, 0.25) is 0 Å². The third kappa shape index (κ3) is 2.80. The maximum atomic E-state index is 11.9. The largest absolute Gasteiger partial charge is 0.354 e. The Balaban J connectivity index is 1.93. The van der Waals surface area contributed by atoms with E-state index in [1.807, 2.05) is 19.1 Å². The van der Waals surface area contributed by atoms with Crippen LogP contribution < -0.4 is 5.32 Å². The summed E-state index contributed by atoms with van der Waals surface area (Å²) in [4.78, 5) is 13.4. The number of fused-ring (bicyclic) bond motifs is 1. The molecule has 0 aliphatic carbocycles.